The quantitative estimate of drug-likeness (QED) is 0.845. The fourth-order valence-corrected chi connectivity index (χ4v) is 2.81. The zero-order chi connectivity index (χ0) is 14.6. The Kier molecular flexibility index (Phi) is 4.89. The number of hydrogen-bond donors (Lipinski definition) is 1. The number of nitrogens with one attached hydrogen (secondary N) is 1. The van der Waals surface area contributed by atoms with Crippen LogP contribution in [-0.2, 0) is 18.4 Å². The molecule has 108 valence electrons. The van der Waals surface area contributed by atoms with Crippen LogP contribution < -0.4 is 5.32 Å². The molecule has 2 rings (SSSR count). The fraction of sp³-hybridized carbons (Fsp3) is 0.438. The van der Waals surface area contributed by atoms with E-state index >= 15 is 0 Å². The number of benzene rings is 1. The van der Waals surface area contributed by atoms with Gasteiger partial charge in [0.2, 0.25) is 0 Å². The lowest BCUT2D eigenvalue weighted by atomic mass is 9.98. The molecule has 0 aliphatic rings. The molecule has 2 nitrogen and oxygen atoms in total. The molecule has 0 bridgehead atoms. The van der Waals surface area contributed by atoms with Gasteiger partial charge in [0, 0.05) is 23.0 Å². The number of nitrogens with zero attached hydrogens (tertiary/aromatic N) is 1. The summed E-state index contributed by atoms with van der Waals surface area (Å²) in [7, 11) is 0. The summed E-state index contributed by atoms with van der Waals surface area (Å²) in [5.41, 5.74) is 0.871. The van der Waals surface area contributed by atoms with Crippen molar-refractivity contribution in [2.45, 2.75) is 39.2 Å². The van der Waals surface area contributed by atoms with E-state index in [0.717, 1.165) is 23.7 Å². The summed E-state index contributed by atoms with van der Waals surface area (Å²) in [6.07, 6.45) is 2.64. The Hall–Kier alpha value is -1.26. The van der Waals surface area contributed by atoms with Gasteiger partial charge in [-0.1, -0.05) is 39.0 Å². The first-order chi connectivity index (χ1) is 9.47. The van der Waals surface area contributed by atoms with Crippen LogP contribution in [0.5, 0.6) is 0 Å². The topological polar surface area (TPSA) is 24.9 Å². The summed E-state index contributed by atoms with van der Waals surface area (Å²) in [4.78, 5) is 5.68. The predicted octanol–water partition coefficient (Wildman–Crippen LogP) is 3.91. The van der Waals surface area contributed by atoms with Gasteiger partial charge in [-0.3, -0.25) is 0 Å². The summed E-state index contributed by atoms with van der Waals surface area (Å²) in [5, 5.41) is 4.50. The number of aromatic nitrogens is 1. The van der Waals surface area contributed by atoms with Gasteiger partial charge in [0.25, 0.3) is 0 Å². The van der Waals surface area contributed by atoms with E-state index in [0.29, 0.717) is 6.42 Å². The molecular weight excluding hydrogens is 271 g/mol. The molecular formula is C16H21FN2S. The van der Waals surface area contributed by atoms with Crippen LogP contribution in [0, 0.1) is 5.82 Å². The van der Waals surface area contributed by atoms with Crippen LogP contribution in [0.3, 0.4) is 0 Å². The van der Waals surface area contributed by atoms with Crippen LogP contribution in [0.25, 0.3) is 0 Å². The lowest BCUT2D eigenvalue weighted by Crippen LogP contribution is -2.16. The minimum Gasteiger partial charge on any atom is -0.311 e. The molecule has 20 heavy (non-hydrogen) atoms. The van der Waals surface area contributed by atoms with Crippen molar-refractivity contribution in [3.63, 3.8) is 0 Å². The molecule has 4 heteroatoms. The monoisotopic (exact) mass is 292 g/mol. The van der Waals surface area contributed by atoms with E-state index in [2.05, 4.69) is 31.1 Å². The van der Waals surface area contributed by atoms with Crippen LogP contribution in [0.15, 0.2) is 30.5 Å². The van der Waals surface area contributed by atoms with Gasteiger partial charge in [0.1, 0.15) is 5.82 Å². The van der Waals surface area contributed by atoms with Gasteiger partial charge in [-0.05, 0) is 24.6 Å². The summed E-state index contributed by atoms with van der Waals surface area (Å²) in [5.74, 6) is -0.123. The van der Waals surface area contributed by atoms with Crippen molar-refractivity contribution in [3.8, 4) is 0 Å². The highest BCUT2D eigenvalue weighted by molar-refractivity contribution is 7.11. The number of hydrogen-bond acceptors (Lipinski definition) is 3. The van der Waals surface area contributed by atoms with E-state index in [9.17, 15) is 4.39 Å². The van der Waals surface area contributed by atoms with Crippen molar-refractivity contribution in [3.05, 3.63) is 51.7 Å². The molecule has 0 fully saturated rings. The number of halogens is 1. The molecule has 0 aliphatic heterocycles. The molecule has 0 saturated carbocycles. The van der Waals surface area contributed by atoms with Crippen molar-refractivity contribution < 1.29 is 4.39 Å². The molecule has 0 spiro atoms. The second-order valence-corrected chi connectivity index (χ2v) is 7.02. The molecule has 0 unspecified atom stereocenters. The maximum absolute atomic E-state index is 13.4. The lowest BCUT2D eigenvalue weighted by Gasteiger charge is -2.13. The van der Waals surface area contributed by atoms with E-state index in [1.165, 1.54) is 10.9 Å². The number of rotatable bonds is 5. The SMILES string of the molecule is CC(C)(C)c1ncc(CNCCc2ccccc2F)s1. The summed E-state index contributed by atoms with van der Waals surface area (Å²) < 4.78 is 13.4. The Labute approximate surface area is 124 Å². The molecule has 1 N–H and O–H groups in total. The Morgan fingerprint density at radius 3 is 2.65 bits per heavy atom. The van der Waals surface area contributed by atoms with Gasteiger partial charge >= 0.3 is 0 Å². The Bertz CT molecular complexity index is 558. The first kappa shape index (κ1) is 15.1. The van der Waals surface area contributed by atoms with Crippen LogP contribution in [0.4, 0.5) is 4.39 Å². The van der Waals surface area contributed by atoms with Gasteiger partial charge in [-0.15, -0.1) is 11.3 Å². The molecule has 1 heterocycles. The van der Waals surface area contributed by atoms with Crippen molar-refractivity contribution in [1.82, 2.24) is 10.3 Å². The average Bonchev–Trinajstić information content (AvgIpc) is 2.85. The normalized spacial score (nSPS) is 11.8. The second-order valence-electron chi connectivity index (χ2n) is 5.90. The van der Waals surface area contributed by atoms with Gasteiger partial charge < -0.3 is 5.32 Å². The van der Waals surface area contributed by atoms with E-state index in [4.69, 9.17) is 0 Å². The second kappa shape index (κ2) is 6.46. The Morgan fingerprint density at radius 2 is 2.00 bits per heavy atom. The highest BCUT2D eigenvalue weighted by atomic mass is 32.1. The zero-order valence-electron chi connectivity index (χ0n) is 12.2. The smallest absolute Gasteiger partial charge is 0.126 e. The molecule has 0 atom stereocenters. The third-order valence-corrected chi connectivity index (χ3v) is 4.45. The largest absolute Gasteiger partial charge is 0.311 e. The maximum Gasteiger partial charge on any atom is 0.126 e. The molecule has 0 radical (unpaired) electrons. The minimum atomic E-state index is -0.123. The van der Waals surface area contributed by atoms with Crippen LogP contribution in [-0.4, -0.2) is 11.5 Å². The maximum atomic E-state index is 13.4. The average molecular weight is 292 g/mol. The fourth-order valence-electron chi connectivity index (χ4n) is 1.87. The van der Waals surface area contributed by atoms with Crippen LogP contribution >= 0.6 is 11.3 Å². The van der Waals surface area contributed by atoms with E-state index < -0.39 is 0 Å². The summed E-state index contributed by atoms with van der Waals surface area (Å²) in [6.45, 7) is 8.07. The summed E-state index contributed by atoms with van der Waals surface area (Å²) >= 11 is 1.74. The van der Waals surface area contributed by atoms with Crippen molar-refractivity contribution in [1.29, 1.82) is 0 Å². The molecule has 0 aliphatic carbocycles. The zero-order valence-corrected chi connectivity index (χ0v) is 13.1. The minimum absolute atomic E-state index is 0.107. The first-order valence-corrected chi connectivity index (χ1v) is 7.68. The molecule has 2 aromatic rings. The van der Waals surface area contributed by atoms with E-state index in [-0.39, 0.29) is 11.2 Å². The molecule has 1 aromatic heterocycles. The predicted molar refractivity (Wildman–Crippen MR) is 82.6 cm³/mol. The van der Waals surface area contributed by atoms with Crippen molar-refractivity contribution >= 4 is 11.3 Å². The van der Waals surface area contributed by atoms with Crippen LogP contribution in [0.2, 0.25) is 0 Å². The first-order valence-electron chi connectivity index (χ1n) is 6.86. The summed E-state index contributed by atoms with van der Waals surface area (Å²) in [6, 6.07) is 6.93. The van der Waals surface area contributed by atoms with Gasteiger partial charge in [0.15, 0.2) is 0 Å². The number of thiazole rings is 1. The highest BCUT2D eigenvalue weighted by Gasteiger charge is 2.17. The third-order valence-electron chi connectivity index (χ3n) is 3.02. The molecule has 1 aromatic carbocycles. The van der Waals surface area contributed by atoms with E-state index in [1.807, 2.05) is 18.3 Å². The lowest BCUT2D eigenvalue weighted by molar-refractivity contribution is 0.585. The highest BCUT2D eigenvalue weighted by Crippen LogP contribution is 2.26. The molecule has 0 saturated heterocycles. The molecule has 0 amide bonds. The van der Waals surface area contributed by atoms with Crippen LogP contribution in [0.1, 0.15) is 36.2 Å². The van der Waals surface area contributed by atoms with E-state index in [1.54, 1.807) is 17.4 Å². The van der Waals surface area contributed by atoms with Gasteiger partial charge in [-0.25, -0.2) is 9.37 Å². The van der Waals surface area contributed by atoms with Gasteiger partial charge in [-0.2, -0.15) is 0 Å². The Balaban J connectivity index is 1.79. The standard InChI is InChI=1S/C16H21FN2S/c1-16(2,3)15-19-11-13(20-15)10-18-9-8-12-6-4-5-7-14(12)17/h4-7,11,18H,8-10H2,1-3H3. The third kappa shape index (κ3) is 4.12. The Morgan fingerprint density at radius 1 is 1.25 bits per heavy atom. The van der Waals surface area contributed by atoms with Gasteiger partial charge in [0.05, 0.1) is 5.01 Å². The van der Waals surface area contributed by atoms with Crippen molar-refractivity contribution in [2.75, 3.05) is 6.54 Å². The van der Waals surface area contributed by atoms with Crippen molar-refractivity contribution in [2.24, 2.45) is 0 Å².